The normalized spacial score (nSPS) is 18.5. The van der Waals surface area contributed by atoms with Crippen molar-refractivity contribution < 1.29 is 4.79 Å². The zero-order chi connectivity index (χ0) is 13.0. The predicted molar refractivity (Wildman–Crippen MR) is 74.3 cm³/mol. The summed E-state index contributed by atoms with van der Waals surface area (Å²) in [5, 5.41) is 3.19. The zero-order valence-corrected chi connectivity index (χ0v) is 11.4. The fourth-order valence-corrected chi connectivity index (χ4v) is 2.59. The first-order valence-electron chi connectivity index (χ1n) is 7.04. The van der Waals surface area contributed by atoms with Gasteiger partial charge in [-0.1, -0.05) is 38.1 Å². The van der Waals surface area contributed by atoms with Gasteiger partial charge in [0.15, 0.2) is 0 Å². The number of rotatable bonds is 4. The quantitative estimate of drug-likeness (QED) is 0.862. The molecule has 1 aromatic rings. The summed E-state index contributed by atoms with van der Waals surface area (Å²) in [6.07, 6.45) is 5.02. The summed E-state index contributed by atoms with van der Waals surface area (Å²) in [6.45, 7) is 4.31. The summed E-state index contributed by atoms with van der Waals surface area (Å²) in [5.41, 5.74) is 2.72. The Morgan fingerprint density at radius 2 is 2.17 bits per heavy atom. The molecule has 0 heterocycles. The largest absolute Gasteiger partial charge is 0.349 e. The fourth-order valence-electron chi connectivity index (χ4n) is 2.59. The number of aryl methyl sites for hydroxylation is 1. The average molecular weight is 245 g/mol. The van der Waals surface area contributed by atoms with Crippen molar-refractivity contribution in [2.45, 2.75) is 52.0 Å². The van der Waals surface area contributed by atoms with Crippen LogP contribution in [0.5, 0.6) is 0 Å². The van der Waals surface area contributed by atoms with Gasteiger partial charge < -0.3 is 5.32 Å². The molecule has 1 aliphatic carbocycles. The van der Waals surface area contributed by atoms with Crippen molar-refractivity contribution in [2.24, 2.45) is 5.92 Å². The van der Waals surface area contributed by atoms with Gasteiger partial charge in [0.1, 0.15) is 0 Å². The molecule has 0 radical (unpaired) electrons. The van der Waals surface area contributed by atoms with E-state index in [2.05, 4.69) is 43.4 Å². The van der Waals surface area contributed by atoms with Crippen molar-refractivity contribution in [1.82, 2.24) is 5.32 Å². The van der Waals surface area contributed by atoms with Gasteiger partial charge in [0.05, 0.1) is 6.04 Å². The molecule has 1 atom stereocenters. The molecule has 2 nitrogen and oxygen atoms in total. The molecule has 0 aliphatic heterocycles. The van der Waals surface area contributed by atoms with Crippen molar-refractivity contribution in [1.29, 1.82) is 0 Å². The smallest absolute Gasteiger partial charge is 0.220 e. The first-order valence-corrected chi connectivity index (χ1v) is 7.04. The van der Waals surface area contributed by atoms with E-state index in [4.69, 9.17) is 0 Å². The van der Waals surface area contributed by atoms with E-state index in [0.29, 0.717) is 12.3 Å². The van der Waals surface area contributed by atoms with Crippen LogP contribution in [0.4, 0.5) is 0 Å². The van der Waals surface area contributed by atoms with Crippen LogP contribution in [0.15, 0.2) is 24.3 Å². The molecular formula is C16H23NO. The van der Waals surface area contributed by atoms with E-state index >= 15 is 0 Å². The minimum Gasteiger partial charge on any atom is -0.349 e. The van der Waals surface area contributed by atoms with Gasteiger partial charge >= 0.3 is 0 Å². The molecule has 0 bridgehead atoms. The van der Waals surface area contributed by atoms with Crippen LogP contribution in [0, 0.1) is 5.92 Å². The van der Waals surface area contributed by atoms with E-state index in [9.17, 15) is 4.79 Å². The second-order valence-electron chi connectivity index (χ2n) is 5.64. The van der Waals surface area contributed by atoms with Gasteiger partial charge in [-0.15, -0.1) is 0 Å². The summed E-state index contributed by atoms with van der Waals surface area (Å²) in [6, 6.07) is 8.72. The molecule has 0 fully saturated rings. The van der Waals surface area contributed by atoms with Gasteiger partial charge in [-0.25, -0.2) is 0 Å². The second kappa shape index (κ2) is 6.03. The monoisotopic (exact) mass is 245 g/mol. The number of hydrogen-bond acceptors (Lipinski definition) is 1. The molecule has 1 amide bonds. The third-order valence-corrected chi connectivity index (χ3v) is 3.65. The van der Waals surface area contributed by atoms with Gasteiger partial charge in [-0.3, -0.25) is 4.79 Å². The molecule has 1 unspecified atom stereocenters. The van der Waals surface area contributed by atoms with Crippen LogP contribution in [0.25, 0.3) is 0 Å². The molecule has 0 aromatic heterocycles. The molecule has 2 heteroatoms. The maximum atomic E-state index is 11.9. The van der Waals surface area contributed by atoms with Gasteiger partial charge in [-0.2, -0.15) is 0 Å². The van der Waals surface area contributed by atoms with Gasteiger partial charge in [-0.05, 0) is 42.7 Å². The van der Waals surface area contributed by atoms with Gasteiger partial charge in [0.25, 0.3) is 0 Å². The molecule has 1 N–H and O–H groups in total. The Morgan fingerprint density at radius 3 is 2.94 bits per heavy atom. The van der Waals surface area contributed by atoms with Crippen LogP contribution in [-0.4, -0.2) is 5.91 Å². The lowest BCUT2D eigenvalue weighted by atomic mass is 9.87. The molecular weight excluding hydrogens is 222 g/mol. The minimum absolute atomic E-state index is 0.199. The van der Waals surface area contributed by atoms with Crippen LogP contribution in [0.3, 0.4) is 0 Å². The highest BCUT2D eigenvalue weighted by atomic mass is 16.1. The standard InChI is InChI=1S/C16H23NO/c1-12(2)10-11-16(18)17-15-9-5-7-13-6-3-4-8-14(13)15/h3-4,6,8,12,15H,5,7,9-11H2,1-2H3,(H,17,18). The van der Waals surface area contributed by atoms with E-state index in [-0.39, 0.29) is 11.9 Å². The van der Waals surface area contributed by atoms with E-state index < -0.39 is 0 Å². The number of fused-ring (bicyclic) bond motifs is 1. The zero-order valence-electron chi connectivity index (χ0n) is 11.4. The van der Waals surface area contributed by atoms with Crippen LogP contribution >= 0.6 is 0 Å². The van der Waals surface area contributed by atoms with Crippen LogP contribution < -0.4 is 5.32 Å². The summed E-state index contributed by atoms with van der Waals surface area (Å²) in [5.74, 6) is 0.791. The highest BCUT2D eigenvalue weighted by molar-refractivity contribution is 5.76. The summed E-state index contributed by atoms with van der Waals surface area (Å²) < 4.78 is 0. The van der Waals surface area contributed by atoms with Gasteiger partial charge in [0.2, 0.25) is 5.91 Å². The Balaban J connectivity index is 1.96. The lowest BCUT2D eigenvalue weighted by Crippen LogP contribution is -2.30. The third kappa shape index (κ3) is 3.34. The Morgan fingerprint density at radius 1 is 1.39 bits per heavy atom. The maximum absolute atomic E-state index is 11.9. The number of carbonyl (C=O) groups is 1. The molecule has 0 saturated carbocycles. The molecule has 1 aliphatic rings. The summed E-state index contributed by atoms with van der Waals surface area (Å²) in [7, 11) is 0. The van der Waals surface area contributed by atoms with Crippen molar-refractivity contribution >= 4 is 5.91 Å². The second-order valence-corrected chi connectivity index (χ2v) is 5.64. The Hall–Kier alpha value is -1.31. The average Bonchev–Trinajstić information content (AvgIpc) is 2.37. The van der Waals surface area contributed by atoms with Crippen molar-refractivity contribution in [2.75, 3.05) is 0 Å². The lowest BCUT2D eigenvalue weighted by Gasteiger charge is -2.26. The van der Waals surface area contributed by atoms with E-state index in [1.54, 1.807) is 0 Å². The number of amides is 1. The number of carbonyl (C=O) groups excluding carboxylic acids is 1. The SMILES string of the molecule is CC(C)CCC(=O)NC1CCCc2ccccc21. The molecule has 18 heavy (non-hydrogen) atoms. The minimum atomic E-state index is 0.199. The fraction of sp³-hybridized carbons (Fsp3) is 0.562. The van der Waals surface area contributed by atoms with Gasteiger partial charge in [0, 0.05) is 6.42 Å². The highest BCUT2D eigenvalue weighted by Gasteiger charge is 2.20. The number of hydrogen-bond donors (Lipinski definition) is 1. The van der Waals surface area contributed by atoms with Crippen LogP contribution in [0.1, 0.15) is 56.7 Å². The van der Waals surface area contributed by atoms with Crippen molar-refractivity contribution in [3.8, 4) is 0 Å². The topological polar surface area (TPSA) is 29.1 Å². The highest BCUT2D eigenvalue weighted by Crippen LogP contribution is 2.29. The Kier molecular flexibility index (Phi) is 4.40. The first kappa shape index (κ1) is 13.1. The lowest BCUT2D eigenvalue weighted by molar-refractivity contribution is -0.122. The van der Waals surface area contributed by atoms with E-state index in [1.165, 1.54) is 17.5 Å². The molecule has 2 rings (SSSR count). The Labute approximate surface area is 110 Å². The molecule has 98 valence electrons. The first-order chi connectivity index (χ1) is 8.66. The van der Waals surface area contributed by atoms with Crippen molar-refractivity contribution in [3.63, 3.8) is 0 Å². The molecule has 1 aromatic carbocycles. The third-order valence-electron chi connectivity index (χ3n) is 3.65. The number of nitrogens with one attached hydrogen (secondary N) is 1. The molecule has 0 saturated heterocycles. The van der Waals surface area contributed by atoms with E-state index in [1.807, 2.05) is 0 Å². The Bertz CT molecular complexity index is 411. The van der Waals surface area contributed by atoms with E-state index in [0.717, 1.165) is 19.3 Å². The van der Waals surface area contributed by atoms with Crippen molar-refractivity contribution in [3.05, 3.63) is 35.4 Å². The summed E-state index contributed by atoms with van der Waals surface area (Å²) in [4.78, 5) is 11.9. The molecule has 0 spiro atoms. The van der Waals surface area contributed by atoms with Crippen LogP contribution in [0.2, 0.25) is 0 Å². The number of benzene rings is 1. The maximum Gasteiger partial charge on any atom is 0.220 e. The van der Waals surface area contributed by atoms with Crippen LogP contribution in [-0.2, 0) is 11.2 Å². The predicted octanol–water partition coefficient (Wildman–Crippen LogP) is 3.62. The summed E-state index contributed by atoms with van der Waals surface area (Å²) >= 11 is 0.